The van der Waals surface area contributed by atoms with Gasteiger partial charge in [-0.25, -0.2) is 5.43 Å². The quantitative estimate of drug-likeness (QED) is 0.643. The summed E-state index contributed by atoms with van der Waals surface area (Å²) in [6, 6.07) is 12.5. The monoisotopic (exact) mass is 387 g/mol. The molecule has 1 aromatic heterocycles. The van der Waals surface area contributed by atoms with Gasteiger partial charge in [0.05, 0.1) is 6.04 Å². The zero-order valence-corrected chi connectivity index (χ0v) is 16.1. The third-order valence-corrected chi connectivity index (χ3v) is 5.45. The number of hydrazine groups is 1. The molecule has 3 heterocycles. The van der Waals surface area contributed by atoms with Crippen LogP contribution in [0.3, 0.4) is 0 Å². The molecule has 7 heteroatoms. The first-order valence-electron chi connectivity index (χ1n) is 9.25. The molecule has 0 aliphatic carbocycles. The lowest BCUT2D eigenvalue weighted by Gasteiger charge is -2.28. The first-order valence-corrected chi connectivity index (χ1v) is 9.25. The molecule has 0 spiro atoms. The number of nitrogens with one attached hydrogen (secondary N) is 4. The fraction of sp³-hybridized carbons (Fsp3) is 0.400. The number of fused-ring (bicyclic) bond motifs is 1. The molecule has 2 saturated heterocycles. The van der Waals surface area contributed by atoms with Crippen LogP contribution in [0.1, 0.15) is 24.9 Å². The molecule has 4 rings (SSSR count). The van der Waals surface area contributed by atoms with Gasteiger partial charge >= 0.3 is 0 Å². The first-order chi connectivity index (χ1) is 12.7. The number of pyridine rings is 1. The second-order valence-electron chi connectivity index (χ2n) is 7.12. The first kappa shape index (κ1) is 19.8. The van der Waals surface area contributed by atoms with Gasteiger partial charge in [-0.3, -0.25) is 15.2 Å². The van der Waals surface area contributed by atoms with Crippen molar-refractivity contribution in [2.24, 2.45) is 5.92 Å². The largest absolute Gasteiger partial charge is 0.348 e. The van der Waals surface area contributed by atoms with Crippen LogP contribution in [0.4, 0.5) is 0 Å². The van der Waals surface area contributed by atoms with Crippen molar-refractivity contribution in [3.8, 4) is 11.1 Å². The molecule has 0 radical (unpaired) electrons. The van der Waals surface area contributed by atoms with Gasteiger partial charge in [0.25, 0.3) is 0 Å². The number of amides is 1. The minimum atomic E-state index is -0.189. The molecule has 1 aromatic carbocycles. The highest BCUT2D eigenvalue weighted by Crippen LogP contribution is 2.23. The number of benzene rings is 1. The maximum absolute atomic E-state index is 12.7. The van der Waals surface area contributed by atoms with E-state index >= 15 is 0 Å². The van der Waals surface area contributed by atoms with Crippen molar-refractivity contribution in [3.63, 3.8) is 0 Å². The van der Waals surface area contributed by atoms with Gasteiger partial charge in [0.1, 0.15) is 6.04 Å². The van der Waals surface area contributed by atoms with Gasteiger partial charge in [0, 0.05) is 30.9 Å². The lowest BCUT2D eigenvalue weighted by Crippen LogP contribution is -2.49. The average molecular weight is 388 g/mol. The van der Waals surface area contributed by atoms with Crippen molar-refractivity contribution in [3.05, 3.63) is 54.4 Å². The Morgan fingerprint density at radius 3 is 2.56 bits per heavy atom. The van der Waals surface area contributed by atoms with E-state index in [1.807, 2.05) is 19.1 Å². The summed E-state index contributed by atoms with van der Waals surface area (Å²) in [5.74, 6) is 0.351. The van der Waals surface area contributed by atoms with E-state index in [9.17, 15) is 4.79 Å². The molecule has 2 aromatic rings. The number of carbonyl (C=O) groups is 1. The van der Waals surface area contributed by atoms with Crippen molar-refractivity contribution in [2.75, 3.05) is 13.1 Å². The summed E-state index contributed by atoms with van der Waals surface area (Å²) in [6.45, 7) is 3.90. The van der Waals surface area contributed by atoms with E-state index in [1.54, 1.807) is 12.4 Å². The van der Waals surface area contributed by atoms with E-state index in [0.717, 1.165) is 36.2 Å². The summed E-state index contributed by atoms with van der Waals surface area (Å²) < 4.78 is 0. The number of hydrogen-bond donors (Lipinski definition) is 4. The summed E-state index contributed by atoms with van der Waals surface area (Å²) >= 11 is 0. The second kappa shape index (κ2) is 8.80. The smallest absolute Gasteiger partial charge is 0.239 e. The van der Waals surface area contributed by atoms with Crippen LogP contribution in [0.2, 0.25) is 0 Å². The average Bonchev–Trinajstić information content (AvgIpc) is 3.13. The summed E-state index contributed by atoms with van der Waals surface area (Å²) in [5.41, 5.74) is 9.83. The predicted octanol–water partition coefficient (Wildman–Crippen LogP) is 1.80. The molecule has 1 amide bonds. The van der Waals surface area contributed by atoms with Crippen LogP contribution in [0.5, 0.6) is 0 Å². The number of hydrogen-bond acceptors (Lipinski definition) is 5. The molecule has 0 bridgehead atoms. The Labute approximate surface area is 165 Å². The Hall–Kier alpha value is -1.99. The zero-order valence-electron chi connectivity index (χ0n) is 15.3. The molecule has 2 aliphatic heterocycles. The molecule has 4 N–H and O–H groups in total. The van der Waals surface area contributed by atoms with E-state index in [4.69, 9.17) is 0 Å². The highest BCUT2D eigenvalue weighted by atomic mass is 35.5. The number of rotatable bonds is 4. The van der Waals surface area contributed by atoms with Gasteiger partial charge in [-0.15, -0.1) is 12.4 Å². The maximum Gasteiger partial charge on any atom is 0.239 e. The summed E-state index contributed by atoms with van der Waals surface area (Å²) in [6.07, 6.45) is 4.64. The maximum atomic E-state index is 12.7. The fourth-order valence-electron chi connectivity index (χ4n) is 3.87. The van der Waals surface area contributed by atoms with Crippen molar-refractivity contribution < 1.29 is 4.79 Å². The van der Waals surface area contributed by atoms with Crippen LogP contribution >= 0.6 is 12.4 Å². The highest BCUT2D eigenvalue weighted by Gasteiger charge is 2.41. The predicted molar refractivity (Wildman–Crippen MR) is 108 cm³/mol. The normalized spacial score (nSPS) is 25.1. The van der Waals surface area contributed by atoms with E-state index in [0.29, 0.717) is 12.0 Å². The van der Waals surface area contributed by atoms with Crippen LogP contribution in [0, 0.1) is 5.92 Å². The molecule has 144 valence electrons. The van der Waals surface area contributed by atoms with Crippen LogP contribution in [0.15, 0.2) is 48.8 Å². The van der Waals surface area contributed by atoms with Gasteiger partial charge in [-0.1, -0.05) is 24.3 Å². The van der Waals surface area contributed by atoms with E-state index in [1.165, 1.54) is 0 Å². The van der Waals surface area contributed by atoms with Gasteiger partial charge < -0.3 is 10.6 Å². The topological polar surface area (TPSA) is 78.1 Å². The van der Waals surface area contributed by atoms with Crippen LogP contribution in [-0.4, -0.2) is 36.1 Å². The summed E-state index contributed by atoms with van der Waals surface area (Å²) in [5, 5.41) is 6.53. The Bertz CT molecular complexity index is 755. The van der Waals surface area contributed by atoms with Crippen LogP contribution in [-0.2, 0) is 4.79 Å². The number of nitrogens with zero attached hydrogens (tertiary/aromatic N) is 1. The molecule has 2 aliphatic rings. The van der Waals surface area contributed by atoms with Crippen molar-refractivity contribution in [1.29, 1.82) is 0 Å². The molecule has 27 heavy (non-hydrogen) atoms. The van der Waals surface area contributed by atoms with Gasteiger partial charge in [-0.2, -0.15) is 0 Å². The molecule has 6 nitrogen and oxygen atoms in total. The SMILES string of the molecule is CC(NC(=O)C1NNC2CCNCC21)c1ccc(-c2ccncc2)cc1.Cl. The molecular formula is C20H26ClN5O. The van der Waals surface area contributed by atoms with Crippen molar-refractivity contribution >= 4 is 18.3 Å². The fourth-order valence-corrected chi connectivity index (χ4v) is 3.87. The lowest BCUT2D eigenvalue weighted by molar-refractivity contribution is -0.124. The third-order valence-electron chi connectivity index (χ3n) is 5.45. The van der Waals surface area contributed by atoms with Crippen molar-refractivity contribution in [1.82, 2.24) is 26.5 Å². The minimum absolute atomic E-state index is 0. The highest BCUT2D eigenvalue weighted by molar-refractivity contribution is 5.85. The Morgan fingerprint density at radius 2 is 1.81 bits per heavy atom. The zero-order chi connectivity index (χ0) is 17.9. The molecule has 0 saturated carbocycles. The van der Waals surface area contributed by atoms with Crippen molar-refractivity contribution in [2.45, 2.75) is 31.5 Å². The number of aromatic nitrogens is 1. The van der Waals surface area contributed by atoms with Gasteiger partial charge in [0.2, 0.25) is 5.91 Å². The second-order valence-corrected chi connectivity index (χ2v) is 7.12. The van der Waals surface area contributed by atoms with E-state index < -0.39 is 0 Å². The lowest BCUT2D eigenvalue weighted by atomic mass is 9.89. The Kier molecular flexibility index (Phi) is 6.44. The van der Waals surface area contributed by atoms with E-state index in [-0.39, 0.29) is 30.4 Å². The summed E-state index contributed by atoms with van der Waals surface area (Å²) in [7, 11) is 0. The van der Waals surface area contributed by atoms with Gasteiger partial charge in [-0.05, 0) is 48.7 Å². The van der Waals surface area contributed by atoms with Crippen LogP contribution < -0.4 is 21.5 Å². The Balaban J connectivity index is 0.00000210. The molecular weight excluding hydrogens is 362 g/mol. The number of piperidine rings is 1. The van der Waals surface area contributed by atoms with Gasteiger partial charge in [0.15, 0.2) is 0 Å². The molecule has 2 fully saturated rings. The summed E-state index contributed by atoms with van der Waals surface area (Å²) in [4.78, 5) is 16.8. The van der Waals surface area contributed by atoms with E-state index in [2.05, 4.69) is 50.7 Å². The van der Waals surface area contributed by atoms with Crippen LogP contribution in [0.25, 0.3) is 11.1 Å². The Morgan fingerprint density at radius 1 is 1.11 bits per heavy atom. The third kappa shape index (κ3) is 4.30. The minimum Gasteiger partial charge on any atom is -0.348 e. The number of carbonyl (C=O) groups excluding carboxylic acids is 1. The molecule has 4 unspecified atom stereocenters. The molecule has 4 atom stereocenters. The standard InChI is InChI=1S/C20H25N5O.ClH/c1-13(14-2-4-15(5-3-14)16-6-9-21-10-7-16)23-20(26)19-17-12-22-11-8-18(17)24-25-19;/h2-7,9-10,13,17-19,22,24-25H,8,11-12H2,1H3,(H,23,26);1H. The number of halogens is 1.